The molecule has 7 nitrogen and oxygen atoms in total. The van der Waals surface area contributed by atoms with Crippen molar-refractivity contribution >= 4 is 28.4 Å². The minimum atomic E-state index is 0.0655. The van der Waals surface area contributed by atoms with Crippen LogP contribution in [0.2, 0.25) is 0 Å². The molecule has 2 aromatic heterocycles. The van der Waals surface area contributed by atoms with Gasteiger partial charge in [0.1, 0.15) is 11.2 Å². The number of fused-ring (bicyclic) bond motifs is 1. The SMILES string of the molecule is Cc1cccc(Nc2nc(N3CCCCC3CN)nc3c[nH]c(O)c23)c1. The number of hydrogen-bond acceptors (Lipinski definition) is 6. The van der Waals surface area contributed by atoms with Crippen LogP contribution < -0.4 is 16.0 Å². The number of rotatable bonds is 4. The van der Waals surface area contributed by atoms with Crippen molar-refractivity contribution in [3.63, 3.8) is 0 Å². The number of hydrogen-bond donors (Lipinski definition) is 4. The molecule has 0 amide bonds. The van der Waals surface area contributed by atoms with Gasteiger partial charge in [0.2, 0.25) is 11.8 Å². The Morgan fingerprint density at radius 2 is 2.23 bits per heavy atom. The van der Waals surface area contributed by atoms with Gasteiger partial charge in [-0.3, -0.25) is 0 Å². The van der Waals surface area contributed by atoms with E-state index in [2.05, 4.69) is 20.2 Å². The Morgan fingerprint density at radius 3 is 3.04 bits per heavy atom. The van der Waals surface area contributed by atoms with E-state index < -0.39 is 0 Å². The van der Waals surface area contributed by atoms with Gasteiger partial charge in [-0.1, -0.05) is 12.1 Å². The lowest BCUT2D eigenvalue weighted by Gasteiger charge is -2.35. The van der Waals surface area contributed by atoms with Crippen LogP contribution in [0.4, 0.5) is 17.5 Å². The average Bonchev–Trinajstić information content (AvgIpc) is 3.03. The van der Waals surface area contributed by atoms with Crippen molar-refractivity contribution in [3.8, 4) is 5.88 Å². The molecule has 1 unspecified atom stereocenters. The van der Waals surface area contributed by atoms with Gasteiger partial charge < -0.3 is 26.0 Å². The topological polar surface area (TPSA) is 103 Å². The summed E-state index contributed by atoms with van der Waals surface area (Å²) in [6.07, 6.45) is 5.05. The Balaban J connectivity index is 1.78. The van der Waals surface area contributed by atoms with E-state index in [0.717, 1.165) is 30.6 Å². The van der Waals surface area contributed by atoms with Gasteiger partial charge in [-0.25, -0.2) is 4.98 Å². The Morgan fingerprint density at radius 1 is 1.35 bits per heavy atom. The molecule has 3 heterocycles. The fourth-order valence-electron chi connectivity index (χ4n) is 3.60. The van der Waals surface area contributed by atoms with Gasteiger partial charge in [0.25, 0.3) is 0 Å². The van der Waals surface area contributed by atoms with Crippen molar-refractivity contribution in [2.24, 2.45) is 5.73 Å². The second kappa shape index (κ2) is 6.84. The molecule has 1 fully saturated rings. The first kappa shape index (κ1) is 16.7. The van der Waals surface area contributed by atoms with Crippen molar-refractivity contribution in [1.82, 2.24) is 15.0 Å². The Labute approximate surface area is 152 Å². The van der Waals surface area contributed by atoms with Gasteiger partial charge in [-0.05, 0) is 43.9 Å². The zero-order chi connectivity index (χ0) is 18.1. The highest BCUT2D eigenvalue weighted by Crippen LogP contribution is 2.33. The Kier molecular flexibility index (Phi) is 4.38. The molecule has 3 aromatic rings. The molecule has 1 aromatic carbocycles. The molecule has 136 valence electrons. The van der Waals surface area contributed by atoms with Crippen LogP contribution in [0.15, 0.2) is 30.5 Å². The normalized spacial score (nSPS) is 17.6. The Hall–Kier alpha value is -2.80. The van der Waals surface area contributed by atoms with E-state index in [1.165, 1.54) is 6.42 Å². The predicted octanol–water partition coefficient (Wildman–Crippen LogP) is 3.03. The second-order valence-electron chi connectivity index (χ2n) is 6.84. The van der Waals surface area contributed by atoms with E-state index in [4.69, 9.17) is 10.7 Å². The number of aromatic amines is 1. The van der Waals surface area contributed by atoms with Crippen LogP contribution in [-0.2, 0) is 0 Å². The monoisotopic (exact) mass is 352 g/mol. The summed E-state index contributed by atoms with van der Waals surface area (Å²) in [6.45, 7) is 3.52. The van der Waals surface area contributed by atoms with Crippen molar-refractivity contribution < 1.29 is 5.11 Å². The van der Waals surface area contributed by atoms with Crippen LogP contribution in [0.5, 0.6) is 5.88 Å². The first-order chi connectivity index (χ1) is 12.7. The molecular formula is C19H24N6O. The van der Waals surface area contributed by atoms with E-state index in [9.17, 15) is 5.11 Å². The van der Waals surface area contributed by atoms with Crippen LogP contribution in [-0.4, -0.2) is 39.2 Å². The highest BCUT2D eigenvalue weighted by atomic mass is 16.3. The van der Waals surface area contributed by atoms with Gasteiger partial charge >= 0.3 is 0 Å². The van der Waals surface area contributed by atoms with E-state index in [1.54, 1.807) is 6.20 Å². The zero-order valence-electron chi connectivity index (χ0n) is 14.9. The van der Waals surface area contributed by atoms with E-state index in [1.807, 2.05) is 31.2 Å². The number of anilines is 3. The molecule has 26 heavy (non-hydrogen) atoms. The minimum Gasteiger partial charge on any atom is -0.494 e. The van der Waals surface area contributed by atoms with Crippen LogP contribution >= 0.6 is 0 Å². The quantitative estimate of drug-likeness (QED) is 0.575. The number of aromatic hydroxyl groups is 1. The molecule has 0 aliphatic carbocycles. The van der Waals surface area contributed by atoms with Crippen molar-refractivity contribution in [2.45, 2.75) is 32.2 Å². The summed E-state index contributed by atoms with van der Waals surface area (Å²) in [5.41, 5.74) is 8.72. The summed E-state index contributed by atoms with van der Waals surface area (Å²) in [6, 6.07) is 8.30. The minimum absolute atomic E-state index is 0.0655. The molecular weight excluding hydrogens is 328 g/mol. The third-order valence-electron chi connectivity index (χ3n) is 4.94. The lowest BCUT2D eigenvalue weighted by molar-refractivity contribution is 0.458. The summed E-state index contributed by atoms with van der Waals surface area (Å²) in [5, 5.41) is 14.1. The molecule has 1 aliphatic rings. The van der Waals surface area contributed by atoms with Crippen LogP contribution in [0, 0.1) is 6.92 Å². The lowest BCUT2D eigenvalue weighted by atomic mass is 10.0. The third-order valence-corrected chi connectivity index (χ3v) is 4.94. The highest BCUT2D eigenvalue weighted by Gasteiger charge is 2.25. The molecule has 1 saturated heterocycles. The smallest absolute Gasteiger partial charge is 0.228 e. The first-order valence-corrected chi connectivity index (χ1v) is 9.04. The molecule has 0 saturated carbocycles. The summed E-state index contributed by atoms with van der Waals surface area (Å²) in [5.74, 6) is 1.31. The molecule has 7 heteroatoms. The molecule has 1 aliphatic heterocycles. The number of nitrogens with two attached hydrogens (primary N) is 1. The largest absolute Gasteiger partial charge is 0.494 e. The maximum absolute atomic E-state index is 10.2. The summed E-state index contributed by atoms with van der Waals surface area (Å²) < 4.78 is 0. The maximum Gasteiger partial charge on any atom is 0.228 e. The standard InChI is InChI=1S/C19H24N6O/c1-12-5-4-6-13(9-12)22-17-16-15(11-21-18(16)26)23-19(24-17)25-8-3-2-7-14(25)10-20/h4-6,9,11,14,21,26H,2-3,7-8,10,20H2,1H3,(H,22,23,24). The van der Waals surface area contributed by atoms with Gasteiger partial charge in [-0.15, -0.1) is 0 Å². The highest BCUT2D eigenvalue weighted by molar-refractivity contribution is 5.96. The van der Waals surface area contributed by atoms with Crippen LogP contribution in [0.3, 0.4) is 0 Å². The van der Waals surface area contributed by atoms with Crippen LogP contribution in [0.25, 0.3) is 10.9 Å². The van der Waals surface area contributed by atoms with Crippen molar-refractivity contribution in [2.75, 3.05) is 23.3 Å². The zero-order valence-corrected chi connectivity index (χ0v) is 14.9. The molecule has 5 N–H and O–H groups in total. The van der Waals surface area contributed by atoms with Crippen molar-refractivity contribution in [3.05, 3.63) is 36.0 Å². The number of nitrogens with one attached hydrogen (secondary N) is 2. The molecule has 1 atom stereocenters. The number of nitrogens with zero attached hydrogens (tertiary/aromatic N) is 3. The van der Waals surface area contributed by atoms with E-state index >= 15 is 0 Å². The van der Waals surface area contributed by atoms with Crippen molar-refractivity contribution in [1.29, 1.82) is 0 Å². The predicted molar refractivity (Wildman–Crippen MR) is 104 cm³/mol. The number of aromatic nitrogens is 3. The van der Waals surface area contributed by atoms with Gasteiger partial charge in [0.05, 0.1) is 5.52 Å². The fraction of sp³-hybridized carbons (Fsp3) is 0.368. The number of aryl methyl sites for hydroxylation is 1. The summed E-state index contributed by atoms with van der Waals surface area (Å²) >= 11 is 0. The van der Waals surface area contributed by atoms with Gasteiger partial charge in [0.15, 0.2) is 0 Å². The maximum atomic E-state index is 10.2. The lowest BCUT2D eigenvalue weighted by Crippen LogP contribution is -2.45. The van der Waals surface area contributed by atoms with Crippen LogP contribution in [0.1, 0.15) is 24.8 Å². The summed E-state index contributed by atoms with van der Waals surface area (Å²) in [4.78, 5) is 14.4. The number of H-pyrrole nitrogens is 1. The molecule has 4 rings (SSSR count). The summed E-state index contributed by atoms with van der Waals surface area (Å²) in [7, 11) is 0. The molecule has 0 radical (unpaired) electrons. The first-order valence-electron chi connectivity index (χ1n) is 9.04. The average molecular weight is 352 g/mol. The fourth-order valence-corrected chi connectivity index (χ4v) is 3.60. The Bertz CT molecular complexity index is 922. The third kappa shape index (κ3) is 3.06. The van der Waals surface area contributed by atoms with E-state index in [0.29, 0.717) is 29.2 Å². The van der Waals surface area contributed by atoms with E-state index in [-0.39, 0.29) is 11.9 Å². The van der Waals surface area contributed by atoms with Gasteiger partial charge in [-0.2, -0.15) is 4.98 Å². The number of benzene rings is 1. The molecule has 0 bridgehead atoms. The molecule has 0 spiro atoms. The van der Waals surface area contributed by atoms with Gasteiger partial charge in [0, 0.05) is 31.0 Å². The second-order valence-corrected chi connectivity index (χ2v) is 6.84. The number of piperidine rings is 1.